The first kappa shape index (κ1) is 20.6. The number of amides is 2. The lowest BCUT2D eigenvalue weighted by Crippen LogP contribution is -2.46. The predicted molar refractivity (Wildman–Crippen MR) is 124 cm³/mol. The fourth-order valence-corrected chi connectivity index (χ4v) is 3.79. The number of rotatable bonds is 5. The van der Waals surface area contributed by atoms with Crippen molar-refractivity contribution in [2.24, 2.45) is 0 Å². The van der Waals surface area contributed by atoms with Gasteiger partial charge in [0.2, 0.25) is 5.91 Å². The number of likely N-dealkylation sites (tertiary alicyclic amines) is 1. The summed E-state index contributed by atoms with van der Waals surface area (Å²) in [6.45, 7) is 1.30. The van der Waals surface area contributed by atoms with Crippen LogP contribution in [0, 0.1) is 0 Å². The Kier molecular flexibility index (Phi) is 6.58. The van der Waals surface area contributed by atoms with Crippen LogP contribution in [-0.2, 0) is 4.79 Å². The molecule has 31 heavy (non-hydrogen) atoms. The average molecular weight is 411 g/mol. The van der Waals surface area contributed by atoms with E-state index in [0.29, 0.717) is 18.7 Å². The Morgan fingerprint density at radius 2 is 1.35 bits per heavy atom. The maximum absolute atomic E-state index is 12.6. The van der Waals surface area contributed by atoms with Gasteiger partial charge in [0.15, 0.2) is 0 Å². The van der Waals surface area contributed by atoms with Gasteiger partial charge < -0.3 is 10.2 Å². The van der Waals surface area contributed by atoms with Crippen molar-refractivity contribution < 1.29 is 9.59 Å². The van der Waals surface area contributed by atoms with Gasteiger partial charge in [0.25, 0.3) is 5.91 Å². The van der Waals surface area contributed by atoms with Gasteiger partial charge in [0, 0.05) is 30.8 Å². The first-order valence-corrected chi connectivity index (χ1v) is 10.7. The minimum absolute atomic E-state index is 0.0186. The molecule has 156 valence electrons. The predicted octanol–water partition coefficient (Wildman–Crippen LogP) is 4.79. The number of hydrogen-bond donors (Lipinski definition) is 1. The van der Waals surface area contributed by atoms with E-state index in [2.05, 4.69) is 17.4 Å². The van der Waals surface area contributed by atoms with E-state index in [1.807, 2.05) is 83.8 Å². The fraction of sp³-hybridized carbons (Fsp3) is 0.185. The highest BCUT2D eigenvalue weighted by atomic mass is 16.2. The lowest BCUT2D eigenvalue weighted by atomic mass is 10.0. The van der Waals surface area contributed by atoms with Crippen molar-refractivity contribution in [1.29, 1.82) is 0 Å². The Morgan fingerprint density at radius 3 is 2.00 bits per heavy atom. The van der Waals surface area contributed by atoms with Crippen LogP contribution in [0.2, 0.25) is 0 Å². The van der Waals surface area contributed by atoms with Crippen molar-refractivity contribution in [1.82, 2.24) is 10.2 Å². The Morgan fingerprint density at radius 1 is 0.774 bits per heavy atom. The Hall–Kier alpha value is -3.66. The van der Waals surface area contributed by atoms with E-state index in [1.54, 1.807) is 6.08 Å². The van der Waals surface area contributed by atoms with E-state index in [9.17, 15) is 9.59 Å². The van der Waals surface area contributed by atoms with Crippen molar-refractivity contribution in [3.63, 3.8) is 0 Å². The molecule has 0 spiro atoms. The molecular weight excluding hydrogens is 384 g/mol. The third kappa shape index (κ3) is 5.48. The minimum Gasteiger partial charge on any atom is -0.349 e. The standard InChI is InChI=1S/C27H26N2O2/c30-26(16-11-21-7-3-1-4-8-21)29-19-17-25(18-20-29)28-27(31)24-14-12-23(13-15-24)22-9-5-2-6-10-22/h1-16,25H,17-20H2,(H,28,31)/b16-11+. The second-order valence-electron chi connectivity index (χ2n) is 7.76. The van der Waals surface area contributed by atoms with Crippen molar-refractivity contribution in [2.75, 3.05) is 13.1 Å². The van der Waals surface area contributed by atoms with Crippen molar-refractivity contribution in [3.05, 3.63) is 102 Å². The summed E-state index contributed by atoms with van der Waals surface area (Å²) in [6, 6.07) is 27.7. The molecule has 3 aromatic rings. The van der Waals surface area contributed by atoms with Gasteiger partial charge in [0.05, 0.1) is 0 Å². The number of carbonyl (C=O) groups excluding carboxylic acids is 2. The second-order valence-corrected chi connectivity index (χ2v) is 7.76. The van der Waals surface area contributed by atoms with Gasteiger partial charge in [0.1, 0.15) is 0 Å². The fourth-order valence-electron chi connectivity index (χ4n) is 3.79. The molecule has 1 N–H and O–H groups in total. The van der Waals surface area contributed by atoms with E-state index in [-0.39, 0.29) is 17.9 Å². The molecule has 0 atom stereocenters. The Bertz CT molecular complexity index is 1040. The summed E-state index contributed by atoms with van der Waals surface area (Å²) in [4.78, 5) is 26.9. The van der Waals surface area contributed by atoms with Gasteiger partial charge in [-0.1, -0.05) is 72.8 Å². The topological polar surface area (TPSA) is 49.4 Å². The second kappa shape index (κ2) is 9.90. The maximum Gasteiger partial charge on any atom is 0.251 e. The zero-order valence-electron chi connectivity index (χ0n) is 17.4. The molecule has 1 heterocycles. The van der Waals surface area contributed by atoms with E-state index in [4.69, 9.17) is 0 Å². The van der Waals surface area contributed by atoms with E-state index < -0.39 is 0 Å². The van der Waals surface area contributed by atoms with Crippen LogP contribution >= 0.6 is 0 Å². The van der Waals surface area contributed by atoms with Crippen molar-refractivity contribution in [2.45, 2.75) is 18.9 Å². The molecule has 3 aromatic carbocycles. The van der Waals surface area contributed by atoms with Crippen molar-refractivity contribution >= 4 is 17.9 Å². The largest absolute Gasteiger partial charge is 0.349 e. The minimum atomic E-state index is -0.0617. The highest BCUT2D eigenvalue weighted by Crippen LogP contribution is 2.19. The van der Waals surface area contributed by atoms with Crippen LogP contribution in [0.3, 0.4) is 0 Å². The molecule has 4 heteroatoms. The van der Waals surface area contributed by atoms with Crippen LogP contribution in [0.4, 0.5) is 0 Å². The summed E-state index contributed by atoms with van der Waals surface area (Å²) < 4.78 is 0. The van der Waals surface area contributed by atoms with Gasteiger partial charge in [-0.25, -0.2) is 0 Å². The molecule has 4 nitrogen and oxygen atoms in total. The molecule has 1 saturated heterocycles. The number of nitrogens with zero attached hydrogens (tertiary/aromatic N) is 1. The molecule has 4 rings (SSSR count). The van der Waals surface area contributed by atoms with E-state index in [1.165, 1.54) is 0 Å². The smallest absolute Gasteiger partial charge is 0.251 e. The first-order chi connectivity index (χ1) is 15.2. The van der Waals surface area contributed by atoms with E-state index in [0.717, 1.165) is 29.5 Å². The summed E-state index contributed by atoms with van der Waals surface area (Å²) >= 11 is 0. The molecule has 0 bridgehead atoms. The van der Waals surface area contributed by atoms with Crippen LogP contribution in [0.15, 0.2) is 91.0 Å². The maximum atomic E-state index is 12.6. The molecule has 2 amide bonds. The van der Waals surface area contributed by atoms with Gasteiger partial charge >= 0.3 is 0 Å². The zero-order chi connectivity index (χ0) is 21.5. The van der Waals surface area contributed by atoms with Crippen molar-refractivity contribution in [3.8, 4) is 11.1 Å². The third-order valence-electron chi connectivity index (χ3n) is 5.61. The van der Waals surface area contributed by atoms with Crippen LogP contribution in [0.5, 0.6) is 0 Å². The summed E-state index contributed by atoms with van der Waals surface area (Å²) in [5, 5.41) is 3.12. The summed E-state index contributed by atoms with van der Waals surface area (Å²) in [5.41, 5.74) is 3.89. The SMILES string of the molecule is O=C(NC1CCN(C(=O)/C=C/c2ccccc2)CC1)c1ccc(-c2ccccc2)cc1. The van der Waals surface area contributed by atoms with Crippen LogP contribution in [0.1, 0.15) is 28.8 Å². The molecule has 0 saturated carbocycles. The van der Waals surface area contributed by atoms with Crippen LogP contribution in [0.25, 0.3) is 17.2 Å². The number of hydrogen-bond acceptors (Lipinski definition) is 2. The molecule has 0 unspecified atom stereocenters. The van der Waals surface area contributed by atoms with Gasteiger partial charge in [-0.2, -0.15) is 0 Å². The molecule has 0 aromatic heterocycles. The normalized spacial score (nSPS) is 14.5. The number of carbonyl (C=O) groups is 2. The van der Waals surface area contributed by atoms with Gasteiger partial charge in [-0.05, 0) is 47.7 Å². The number of piperidine rings is 1. The van der Waals surface area contributed by atoms with E-state index >= 15 is 0 Å². The molecular formula is C27H26N2O2. The zero-order valence-corrected chi connectivity index (χ0v) is 17.4. The quantitative estimate of drug-likeness (QED) is 0.615. The summed E-state index contributed by atoms with van der Waals surface area (Å²) in [6.07, 6.45) is 5.00. The number of benzene rings is 3. The Labute approximate surface area is 183 Å². The highest BCUT2D eigenvalue weighted by molar-refractivity contribution is 5.95. The monoisotopic (exact) mass is 410 g/mol. The van der Waals surface area contributed by atoms with Gasteiger partial charge in [-0.3, -0.25) is 9.59 Å². The first-order valence-electron chi connectivity index (χ1n) is 10.7. The summed E-state index contributed by atoms with van der Waals surface area (Å²) in [5.74, 6) is -0.0431. The molecule has 0 radical (unpaired) electrons. The third-order valence-corrected chi connectivity index (χ3v) is 5.61. The Balaban J connectivity index is 1.27. The van der Waals surface area contributed by atoms with Crippen LogP contribution in [-0.4, -0.2) is 35.8 Å². The highest BCUT2D eigenvalue weighted by Gasteiger charge is 2.23. The number of nitrogens with one attached hydrogen (secondary N) is 1. The summed E-state index contributed by atoms with van der Waals surface area (Å²) in [7, 11) is 0. The van der Waals surface area contributed by atoms with Gasteiger partial charge in [-0.15, -0.1) is 0 Å². The molecule has 1 aliphatic heterocycles. The molecule has 1 fully saturated rings. The average Bonchev–Trinajstić information content (AvgIpc) is 2.84. The molecule has 0 aliphatic carbocycles. The molecule has 1 aliphatic rings. The lowest BCUT2D eigenvalue weighted by Gasteiger charge is -2.31. The van der Waals surface area contributed by atoms with Crippen LogP contribution < -0.4 is 5.32 Å². The lowest BCUT2D eigenvalue weighted by molar-refractivity contribution is -0.126.